The number of ketones is 1. The van der Waals surface area contributed by atoms with Gasteiger partial charge in [0.2, 0.25) is 0 Å². The van der Waals surface area contributed by atoms with Gasteiger partial charge in [0.15, 0.2) is 5.78 Å². The molecule has 1 aromatic carbocycles. The molecule has 5 heteroatoms. The molecule has 0 saturated carbocycles. The number of allylic oxidation sites excluding steroid dienone is 3. The van der Waals surface area contributed by atoms with Gasteiger partial charge in [-0.05, 0) is 45.1 Å². The van der Waals surface area contributed by atoms with Gasteiger partial charge in [-0.3, -0.25) is 4.79 Å². The number of carbonyl (C=O) groups excluding carboxylic acids is 2. The lowest BCUT2D eigenvalue weighted by Crippen LogP contribution is -2.35. The number of nitrogens with one attached hydrogen (secondary N) is 1. The van der Waals surface area contributed by atoms with E-state index in [-0.39, 0.29) is 30.4 Å². The van der Waals surface area contributed by atoms with Gasteiger partial charge >= 0.3 is 5.97 Å². The van der Waals surface area contributed by atoms with Crippen LogP contribution in [0.1, 0.15) is 56.1 Å². The van der Waals surface area contributed by atoms with Crippen molar-refractivity contribution in [3.8, 4) is 0 Å². The molecule has 1 N–H and O–H groups in total. The maximum atomic E-state index is 13.1. The number of esters is 1. The monoisotopic (exact) mass is 381 g/mol. The van der Waals surface area contributed by atoms with Gasteiger partial charge in [-0.25, -0.2) is 4.79 Å². The van der Waals surface area contributed by atoms with Crippen molar-refractivity contribution in [1.29, 1.82) is 0 Å². The van der Waals surface area contributed by atoms with Crippen LogP contribution in [-0.2, 0) is 19.1 Å². The number of ether oxygens (including phenoxy) is 2. The number of rotatable bonds is 4. The third-order valence-corrected chi connectivity index (χ3v) is 5.80. The Morgan fingerprint density at radius 3 is 2.86 bits per heavy atom. The highest BCUT2D eigenvalue weighted by Gasteiger charge is 2.39. The van der Waals surface area contributed by atoms with Crippen LogP contribution in [0, 0.1) is 6.92 Å². The van der Waals surface area contributed by atoms with Crippen molar-refractivity contribution in [2.45, 2.75) is 58.0 Å². The maximum Gasteiger partial charge on any atom is 0.336 e. The van der Waals surface area contributed by atoms with Crippen LogP contribution in [0.3, 0.4) is 0 Å². The lowest BCUT2D eigenvalue weighted by Gasteiger charge is -2.34. The van der Waals surface area contributed by atoms with Crippen LogP contribution in [0.25, 0.3) is 0 Å². The molecule has 0 bridgehead atoms. The van der Waals surface area contributed by atoms with Crippen molar-refractivity contribution in [1.82, 2.24) is 5.32 Å². The summed E-state index contributed by atoms with van der Waals surface area (Å²) in [4.78, 5) is 26.0. The minimum absolute atomic E-state index is 0.0232. The van der Waals surface area contributed by atoms with E-state index in [2.05, 4.69) is 11.4 Å². The zero-order valence-corrected chi connectivity index (χ0v) is 16.5. The largest absolute Gasteiger partial charge is 0.459 e. The minimum Gasteiger partial charge on any atom is -0.459 e. The summed E-state index contributed by atoms with van der Waals surface area (Å²) < 4.78 is 11.2. The molecule has 5 nitrogen and oxygen atoms in total. The van der Waals surface area contributed by atoms with E-state index in [0.29, 0.717) is 12.0 Å². The molecule has 1 saturated heterocycles. The SMILES string of the molecule is CC1=C(C(=O)OC[C@@H]2CCCO2)[C@H](c2cccc(C)c2)C2=C(CCCC2=O)N1. The molecule has 1 aromatic rings. The number of hydrogen-bond acceptors (Lipinski definition) is 5. The maximum absolute atomic E-state index is 13.1. The van der Waals surface area contributed by atoms with Crippen LogP contribution in [0.15, 0.2) is 46.8 Å². The predicted octanol–water partition coefficient (Wildman–Crippen LogP) is 3.69. The van der Waals surface area contributed by atoms with E-state index in [1.54, 1.807) is 0 Å². The fraction of sp³-hybridized carbons (Fsp3) is 0.478. The molecular formula is C23H27NO4. The van der Waals surface area contributed by atoms with Crippen molar-refractivity contribution < 1.29 is 19.1 Å². The van der Waals surface area contributed by atoms with E-state index in [4.69, 9.17) is 9.47 Å². The number of Topliss-reactive ketones (excluding diaryl/α,β-unsaturated/α-hetero) is 1. The Bertz CT molecular complexity index is 861. The van der Waals surface area contributed by atoms with Gasteiger partial charge in [0, 0.05) is 35.9 Å². The normalized spacial score (nSPS) is 24.9. The smallest absolute Gasteiger partial charge is 0.336 e. The molecule has 3 aliphatic rings. The van der Waals surface area contributed by atoms with Crippen molar-refractivity contribution in [2.24, 2.45) is 0 Å². The quantitative estimate of drug-likeness (QED) is 0.806. The third-order valence-electron chi connectivity index (χ3n) is 5.80. The Morgan fingerprint density at radius 1 is 1.25 bits per heavy atom. The van der Waals surface area contributed by atoms with Crippen LogP contribution in [0.2, 0.25) is 0 Å². The summed E-state index contributed by atoms with van der Waals surface area (Å²) in [5, 5.41) is 3.33. The lowest BCUT2D eigenvalue weighted by molar-refractivity contribution is -0.142. The second-order valence-corrected chi connectivity index (χ2v) is 7.91. The molecule has 2 aliphatic heterocycles. The van der Waals surface area contributed by atoms with Crippen LogP contribution in [0.4, 0.5) is 0 Å². The average molecular weight is 381 g/mol. The third kappa shape index (κ3) is 3.63. The molecule has 2 atom stereocenters. The first-order valence-electron chi connectivity index (χ1n) is 10.1. The van der Waals surface area contributed by atoms with E-state index in [1.807, 2.05) is 32.0 Å². The molecular weight excluding hydrogens is 354 g/mol. The lowest BCUT2D eigenvalue weighted by atomic mass is 9.75. The second-order valence-electron chi connectivity index (χ2n) is 7.91. The highest BCUT2D eigenvalue weighted by atomic mass is 16.6. The van der Waals surface area contributed by atoms with Gasteiger partial charge in [0.1, 0.15) is 6.61 Å². The summed E-state index contributed by atoms with van der Waals surface area (Å²) in [6.07, 6.45) is 4.10. The first kappa shape index (κ1) is 18.9. The van der Waals surface area contributed by atoms with Crippen LogP contribution < -0.4 is 5.32 Å². The summed E-state index contributed by atoms with van der Waals surface area (Å²) in [6, 6.07) is 8.05. The Hall–Kier alpha value is -2.40. The molecule has 0 unspecified atom stereocenters. The molecule has 4 rings (SSSR count). The molecule has 0 radical (unpaired) electrons. The molecule has 148 valence electrons. The second kappa shape index (κ2) is 7.92. The Kier molecular flexibility index (Phi) is 5.36. The van der Waals surface area contributed by atoms with Crippen molar-refractivity contribution in [2.75, 3.05) is 13.2 Å². The van der Waals surface area contributed by atoms with Crippen molar-refractivity contribution in [3.05, 3.63) is 57.9 Å². The Labute approximate surface area is 165 Å². The number of carbonyl (C=O) groups is 2. The van der Waals surface area contributed by atoms with Gasteiger partial charge < -0.3 is 14.8 Å². The highest BCUT2D eigenvalue weighted by molar-refractivity contribution is 6.03. The molecule has 1 fully saturated rings. The zero-order valence-electron chi connectivity index (χ0n) is 16.5. The predicted molar refractivity (Wildman–Crippen MR) is 106 cm³/mol. The number of hydrogen-bond donors (Lipinski definition) is 1. The van der Waals surface area contributed by atoms with Crippen LogP contribution in [0.5, 0.6) is 0 Å². The number of aryl methyl sites for hydroxylation is 1. The molecule has 1 aliphatic carbocycles. The molecule has 0 spiro atoms. The summed E-state index contributed by atoms with van der Waals surface area (Å²) in [5.74, 6) is -0.616. The molecule has 0 amide bonds. The van der Waals surface area contributed by atoms with Gasteiger partial charge in [0.25, 0.3) is 0 Å². The van der Waals surface area contributed by atoms with Crippen molar-refractivity contribution >= 4 is 11.8 Å². The van der Waals surface area contributed by atoms with E-state index in [0.717, 1.165) is 60.4 Å². The van der Waals surface area contributed by atoms with Crippen molar-refractivity contribution in [3.63, 3.8) is 0 Å². The highest BCUT2D eigenvalue weighted by Crippen LogP contribution is 2.42. The first-order chi connectivity index (χ1) is 13.5. The van der Waals surface area contributed by atoms with E-state index >= 15 is 0 Å². The molecule has 2 heterocycles. The van der Waals surface area contributed by atoms with E-state index in [1.165, 1.54) is 0 Å². The van der Waals surface area contributed by atoms with Gasteiger partial charge in [-0.15, -0.1) is 0 Å². The topological polar surface area (TPSA) is 64.6 Å². The molecule has 0 aromatic heterocycles. The Morgan fingerprint density at radius 2 is 2.11 bits per heavy atom. The van der Waals surface area contributed by atoms with Crippen LogP contribution in [-0.4, -0.2) is 31.1 Å². The summed E-state index contributed by atoms with van der Waals surface area (Å²) in [6.45, 7) is 4.90. The van der Waals surface area contributed by atoms with Gasteiger partial charge in [-0.1, -0.05) is 29.8 Å². The standard InChI is InChI=1S/C23H27NO4/c1-14-6-3-7-16(12-14)21-20(23(26)28-13-17-8-5-11-27-17)15(2)24-18-9-4-10-19(25)22(18)21/h3,6-7,12,17,21,24H,4-5,8-11,13H2,1-2H3/t17-,21-/m0/s1. The fourth-order valence-electron chi connectivity index (χ4n) is 4.46. The summed E-state index contributed by atoms with van der Waals surface area (Å²) in [7, 11) is 0. The Balaban J connectivity index is 1.69. The van der Waals surface area contributed by atoms with E-state index < -0.39 is 0 Å². The first-order valence-corrected chi connectivity index (χ1v) is 10.1. The van der Waals surface area contributed by atoms with Gasteiger partial charge in [0.05, 0.1) is 11.7 Å². The zero-order chi connectivity index (χ0) is 19.7. The fourth-order valence-corrected chi connectivity index (χ4v) is 4.46. The minimum atomic E-state index is -0.374. The summed E-state index contributed by atoms with van der Waals surface area (Å²) in [5.41, 5.74) is 5.07. The number of dihydropyridines is 1. The van der Waals surface area contributed by atoms with E-state index in [9.17, 15) is 9.59 Å². The summed E-state index contributed by atoms with van der Waals surface area (Å²) >= 11 is 0. The number of benzene rings is 1. The van der Waals surface area contributed by atoms with Gasteiger partial charge in [-0.2, -0.15) is 0 Å². The molecule has 28 heavy (non-hydrogen) atoms. The van der Waals surface area contributed by atoms with Crippen LogP contribution >= 0.6 is 0 Å². The average Bonchev–Trinajstić information content (AvgIpc) is 3.19.